The molecule has 8 heteroatoms. The number of nitro groups is 1. The summed E-state index contributed by atoms with van der Waals surface area (Å²) in [5.41, 5.74) is 0.0947. The molecule has 1 fully saturated rings. The van der Waals surface area contributed by atoms with Gasteiger partial charge in [-0.1, -0.05) is 0 Å². The molecule has 0 saturated carbocycles. The van der Waals surface area contributed by atoms with Crippen molar-refractivity contribution in [3.63, 3.8) is 0 Å². The summed E-state index contributed by atoms with van der Waals surface area (Å²) in [6.07, 6.45) is 1.43. The summed E-state index contributed by atoms with van der Waals surface area (Å²) in [5.74, 6) is -0.488. The zero-order valence-electron chi connectivity index (χ0n) is 12.1. The van der Waals surface area contributed by atoms with Gasteiger partial charge in [-0.15, -0.1) is 0 Å². The third-order valence-corrected chi connectivity index (χ3v) is 3.77. The van der Waals surface area contributed by atoms with Crippen LogP contribution < -0.4 is 4.90 Å². The van der Waals surface area contributed by atoms with Crippen LogP contribution in [-0.2, 0) is 0 Å². The Labute approximate surface area is 131 Å². The summed E-state index contributed by atoms with van der Waals surface area (Å²) in [6.45, 7) is 1.54. The fraction of sp³-hybridized carbons (Fsp3) is 0.267. The molecule has 0 N–H and O–H groups in total. The Balaban J connectivity index is 1.73. The summed E-state index contributed by atoms with van der Waals surface area (Å²) in [4.78, 5) is 26.1. The fourth-order valence-corrected chi connectivity index (χ4v) is 2.61. The summed E-state index contributed by atoms with van der Waals surface area (Å²) in [5, 5.41) is 11.1. The average Bonchev–Trinajstić information content (AvgIpc) is 3.08. The van der Waals surface area contributed by atoms with Gasteiger partial charge in [0.05, 0.1) is 11.2 Å². The van der Waals surface area contributed by atoms with Crippen molar-refractivity contribution in [1.82, 2.24) is 4.90 Å². The Hall–Kier alpha value is -2.90. The highest BCUT2D eigenvalue weighted by molar-refractivity contribution is 5.91. The molecule has 1 aromatic carbocycles. The first-order valence-corrected chi connectivity index (χ1v) is 7.08. The maximum Gasteiger partial charge on any atom is 0.292 e. The number of carbonyl (C=O) groups excluding carboxylic acids is 1. The molecular formula is C15H14FN3O4. The van der Waals surface area contributed by atoms with E-state index >= 15 is 0 Å². The Morgan fingerprint density at radius 3 is 2.57 bits per heavy atom. The molecule has 2 heterocycles. The Kier molecular flexibility index (Phi) is 3.96. The highest BCUT2D eigenvalue weighted by Gasteiger charge is 2.27. The van der Waals surface area contributed by atoms with Gasteiger partial charge in [-0.05, 0) is 18.2 Å². The van der Waals surface area contributed by atoms with Gasteiger partial charge in [-0.3, -0.25) is 14.9 Å². The van der Waals surface area contributed by atoms with E-state index in [2.05, 4.69) is 0 Å². The topological polar surface area (TPSA) is 79.8 Å². The highest BCUT2D eigenvalue weighted by atomic mass is 19.1. The second-order valence-corrected chi connectivity index (χ2v) is 5.15. The second-order valence-electron chi connectivity index (χ2n) is 5.15. The summed E-state index contributed by atoms with van der Waals surface area (Å²) < 4.78 is 18.5. The molecule has 3 rings (SSSR count). The predicted molar refractivity (Wildman–Crippen MR) is 79.9 cm³/mol. The van der Waals surface area contributed by atoms with E-state index in [1.54, 1.807) is 21.9 Å². The van der Waals surface area contributed by atoms with E-state index in [4.69, 9.17) is 4.42 Å². The number of benzene rings is 1. The summed E-state index contributed by atoms with van der Waals surface area (Å²) in [7, 11) is 0. The fourth-order valence-electron chi connectivity index (χ4n) is 2.61. The van der Waals surface area contributed by atoms with E-state index in [9.17, 15) is 19.3 Å². The molecule has 1 aliphatic rings. The average molecular weight is 319 g/mol. The van der Waals surface area contributed by atoms with Crippen molar-refractivity contribution in [2.75, 3.05) is 31.1 Å². The van der Waals surface area contributed by atoms with Crippen LogP contribution in [-0.4, -0.2) is 41.9 Å². The van der Waals surface area contributed by atoms with E-state index < -0.39 is 10.7 Å². The molecule has 1 amide bonds. The lowest BCUT2D eigenvalue weighted by molar-refractivity contribution is -0.384. The summed E-state index contributed by atoms with van der Waals surface area (Å²) >= 11 is 0. The van der Waals surface area contributed by atoms with E-state index in [0.29, 0.717) is 26.2 Å². The van der Waals surface area contributed by atoms with Crippen molar-refractivity contribution < 1.29 is 18.5 Å². The first-order valence-electron chi connectivity index (χ1n) is 7.08. The number of halogens is 1. The number of nitrogens with zero attached hydrogens (tertiary/aromatic N) is 3. The largest absolute Gasteiger partial charge is 0.459 e. The summed E-state index contributed by atoms with van der Waals surface area (Å²) in [6, 6.07) is 6.61. The number of piperazine rings is 1. The van der Waals surface area contributed by atoms with Crippen LogP contribution >= 0.6 is 0 Å². The normalized spacial score (nSPS) is 14.8. The Morgan fingerprint density at radius 1 is 1.22 bits per heavy atom. The Bertz CT molecular complexity index is 724. The monoisotopic (exact) mass is 319 g/mol. The van der Waals surface area contributed by atoms with Crippen LogP contribution in [0.3, 0.4) is 0 Å². The minimum atomic E-state index is -0.533. The van der Waals surface area contributed by atoms with Crippen molar-refractivity contribution in [2.45, 2.75) is 0 Å². The molecule has 1 saturated heterocycles. The van der Waals surface area contributed by atoms with Gasteiger partial charge in [-0.2, -0.15) is 0 Å². The molecule has 7 nitrogen and oxygen atoms in total. The maximum absolute atomic E-state index is 13.4. The number of hydrogen-bond donors (Lipinski definition) is 0. The van der Waals surface area contributed by atoms with Crippen LogP contribution in [0, 0.1) is 15.9 Å². The quantitative estimate of drug-likeness (QED) is 0.640. The molecule has 0 spiro atoms. The lowest BCUT2D eigenvalue weighted by atomic mass is 10.2. The zero-order valence-corrected chi connectivity index (χ0v) is 12.1. The first kappa shape index (κ1) is 15.0. The molecule has 0 unspecified atom stereocenters. The first-order chi connectivity index (χ1) is 11.1. The van der Waals surface area contributed by atoms with E-state index in [1.165, 1.54) is 6.26 Å². The number of rotatable bonds is 3. The zero-order chi connectivity index (χ0) is 16.4. The molecule has 1 aromatic heterocycles. The maximum atomic E-state index is 13.4. The van der Waals surface area contributed by atoms with Crippen molar-refractivity contribution in [2.24, 2.45) is 0 Å². The lowest BCUT2D eigenvalue weighted by Crippen LogP contribution is -2.48. The van der Waals surface area contributed by atoms with Gasteiger partial charge in [0.15, 0.2) is 5.76 Å². The second kappa shape index (κ2) is 6.07. The molecule has 0 aliphatic carbocycles. The lowest BCUT2D eigenvalue weighted by Gasteiger charge is -2.35. The molecule has 2 aromatic rings. The van der Waals surface area contributed by atoms with Crippen LogP contribution in [0.1, 0.15) is 10.6 Å². The van der Waals surface area contributed by atoms with Gasteiger partial charge in [0, 0.05) is 38.3 Å². The minimum absolute atomic E-state index is 0.141. The Morgan fingerprint density at radius 2 is 1.96 bits per heavy atom. The van der Waals surface area contributed by atoms with Crippen molar-refractivity contribution >= 4 is 17.3 Å². The van der Waals surface area contributed by atoms with E-state index in [-0.39, 0.29) is 23.0 Å². The predicted octanol–water partition coefficient (Wildman–Crippen LogP) is 2.29. The third-order valence-electron chi connectivity index (χ3n) is 3.77. The van der Waals surface area contributed by atoms with E-state index in [0.717, 1.165) is 18.2 Å². The number of anilines is 1. The van der Waals surface area contributed by atoms with Crippen LogP contribution in [0.4, 0.5) is 15.8 Å². The third kappa shape index (κ3) is 3.01. The number of carbonyl (C=O) groups is 1. The molecule has 0 radical (unpaired) electrons. The highest BCUT2D eigenvalue weighted by Crippen LogP contribution is 2.29. The van der Waals surface area contributed by atoms with Crippen molar-refractivity contribution in [3.05, 3.63) is 58.3 Å². The van der Waals surface area contributed by atoms with Gasteiger partial charge < -0.3 is 14.2 Å². The van der Waals surface area contributed by atoms with Crippen LogP contribution in [0.5, 0.6) is 0 Å². The number of nitro benzene ring substituents is 1. The number of furan rings is 1. The number of amides is 1. The van der Waals surface area contributed by atoms with Crippen LogP contribution in [0.15, 0.2) is 41.0 Å². The SMILES string of the molecule is O=C(c1ccco1)N1CCN(c2cc(F)ccc2[N+](=O)[O-])CC1. The molecular weight excluding hydrogens is 305 g/mol. The van der Waals surface area contributed by atoms with Gasteiger partial charge in [-0.25, -0.2) is 4.39 Å². The molecule has 1 aliphatic heterocycles. The molecule has 0 bridgehead atoms. The molecule has 23 heavy (non-hydrogen) atoms. The van der Waals surface area contributed by atoms with Gasteiger partial charge in [0.25, 0.3) is 11.6 Å². The van der Waals surface area contributed by atoms with Crippen LogP contribution in [0.2, 0.25) is 0 Å². The molecule has 120 valence electrons. The van der Waals surface area contributed by atoms with Crippen molar-refractivity contribution in [1.29, 1.82) is 0 Å². The van der Waals surface area contributed by atoms with Crippen LogP contribution in [0.25, 0.3) is 0 Å². The van der Waals surface area contributed by atoms with Gasteiger partial charge in [0.2, 0.25) is 0 Å². The van der Waals surface area contributed by atoms with Gasteiger partial charge >= 0.3 is 0 Å². The van der Waals surface area contributed by atoms with Crippen molar-refractivity contribution in [3.8, 4) is 0 Å². The standard InChI is InChI=1S/C15H14FN3O4/c16-11-3-4-12(19(21)22)13(10-11)17-5-7-18(8-6-17)15(20)14-2-1-9-23-14/h1-4,9-10H,5-8H2. The smallest absolute Gasteiger partial charge is 0.292 e. The minimum Gasteiger partial charge on any atom is -0.459 e. The number of hydrogen-bond acceptors (Lipinski definition) is 5. The molecule has 0 atom stereocenters. The van der Waals surface area contributed by atoms with E-state index in [1.807, 2.05) is 0 Å². The van der Waals surface area contributed by atoms with Gasteiger partial charge in [0.1, 0.15) is 11.5 Å².